The second kappa shape index (κ2) is 6.44. The molecule has 0 bridgehead atoms. The molecule has 0 spiro atoms. The van der Waals surface area contributed by atoms with Crippen LogP contribution in [0.15, 0.2) is 48.5 Å². The Morgan fingerprint density at radius 3 is 2.45 bits per heavy atom. The van der Waals surface area contributed by atoms with Gasteiger partial charge < -0.3 is 10.1 Å². The maximum absolute atomic E-state index is 12.1. The second-order valence-corrected chi connectivity index (χ2v) is 4.88. The van der Waals surface area contributed by atoms with Gasteiger partial charge in [-0.15, -0.1) is 0 Å². The Kier molecular flexibility index (Phi) is 4.64. The van der Waals surface area contributed by atoms with Gasteiger partial charge in [0, 0.05) is 16.1 Å². The zero-order valence-electron chi connectivity index (χ0n) is 11.4. The van der Waals surface area contributed by atoms with Gasteiger partial charge in [0.15, 0.2) is 0 Å². The van der Waals surface area contributed by atoms with Gasteiger partial charge in [0.25, 0.3) is 5.91 Å². The number of para-hydroxylation sites is 1. The monoisotopic (exact) mass is 289 g/mol. The van der Waals surface area contributed by atoms with E-state index >= 15 is 0 Å². The fraction of sp³-hybridized carbons (Fsp3) is 0.188. The van der Waals surface area contributed by atoms with Crippen LogP contribution in [0.2, 0.25) is 5.02 Å². The quantitative estimate of drug-likeness (QED) is 0.929. The third-order valence-corrected chi connectivity index (χ3v) is 3.31. The third kappa shape index (κ3) is 3.31. The number of carbonyl (C=O) groups is 1. The lowest BCUT2D eigenvalue weighted by molar-refractivity contribution is 0.0939. The average molecular weight is 290 g/mol. The van der Waals surface area contributed by atoms with Crippen molar-refractivity contribution in [2.24, 2.45) is 0 Å². The van der Waals surface area contributed by atoms with E-state index < -0.39 is 0 Å². The number of methoxy groups -OCH3 is 1. The van der Waals surface area contributed by atoms with E-state index in [4.69, 9.17) is 16.3 Å². The first-order chi connectivity index (χ1) is 9.61. The van der Waals surface area contributed by atoms with Crippen molar-refractivity contribution in [3.8, 4) is 5.75 Å². The van der Waals surface area contributed by atoms with E-state index in [2.05, 4.69) is 5.32 Å². The highest BCUT2D eigenvalue weighted by molar-refractivity contribution is 6.30. The summed E-state index contributed by atoms with van der Waals surface area (Å²) in [5.41, 5.74) is 1.52. The lowest BCUT2D eigenvalue weighted by Crippen LogP contribution is -2.26. The molecule has 0 aromatic heterocycles. The number of rotatable bonds is 4. The Balaban J connectivity index is 2.13. The van der Waals surface area contributed by atoms with Gasteiger partial charge in [-0.25, -0.2) is 0 Å². The minimum atomic E-state index is -0.144. The number of hydrogen-bond acceptors (Lipinski definition) is 2. The Hall–Kier alpha value is -2.00. The molecule has 1 atom stereocenters. The Morgan fingerprint density at radius 2 is 1.80 bits per heavy atom. The lowest BCUT2D eigenvalue weighted by Gasteiger charge is -2.17. The topological polar surface area (TPSA) is 38.3 Å². The molecule has 2 rings (SSSR count). The average Bonchev–Trinajstić information content (AvgIpc) is 2.47. The summed E-state index contributed by atoms with van der Waals surface area (Å²) in [4.78, 5) is 12.1. The van der Waals surface area contributed by atoms with Gasteiger partial charge in [0.05, 0.1) is 13.2 Å². The van der Waals surface area contributed by atoms with Gasteiger partial charge in [-0.3, -0.25) is 4.79 Å². The molecule has 20 heavy (non-hydrogen) atoms. The fourth-order valence-electron chi connectivity index (χ4n) is 1.98. The molecule has 104 valence electrons. The highest BCUT2D eigenvalue weighted by atomic mass is 35.5. The fourth-order valence-corrected chi connectivity index (χ4v) is 2.11. The number of nitrogens with one attached hydrogen (secondary N) is 1. The van der Waals surface area contributed by atoms with Crippen LogP contribution in [0, 0.1) is 0 Å². The number of amides is 1. The summed E-state index contributed by atoms with van der Waals surface area (Å²) >= 11 is 5.81. The molecule has 0 fully saturated rings. The van der Waals surface area contributed by atoms with E-state index in [9.17, 15) is 4.79 Å². The summed E-state index contributed by atoms with van der Waals surface area (Å²) in [5.74, 6) is 0.622. The Bertz CT molecular complexity index is 596. The van der Waals surface area contributed by atoms with Gasteiger partial charge in [0.1, 0.15) is 5.75 Å². The molecule has 0 saturated heterocycles. The molecule has 0 unspecified atom stereocenters. The Morgan fingerprint density at radius 1 is 1.15 bits per heavy atom. The van der Waals surface area contributed by atoms with Crippen LogP contribution in [0.4, 0.5) is 0 Å². The predicted molar refractivity (Wildman–Crippen MR) is 80.3 cm³/mol. The first-order valence-corrected chi connectivity index (χ1v) is 6.69. The molecule has 1 amide bonds. The van der Waals surface area contributed by atoms with Gasteiger partial charge in [-0.1, -0.05) is 29.8 Å². The second-order valence-electron chi connectivity index (χ2n) is 4.44. The molecule has 3 nitrogen and oxygen atoms in total. The van der Waals surface area contributed by atoms with E-state index in [0.29, 0.717) is 10.6 Å². The summed E-state index contributed by atoms with van der Waals surface area (Å²) in [7, 11) is 1.62. The van der Waals surface area contributed by atoms with Crippen LogP contribution >= 0.6 is 11.6 Å². The van der Waals surface area contributed by atoms with Gasteiger partial charge in [-0.2, -0.15) is 0 Å². The van der Waals surface area contributed by atoms with Crippen LogP contribution in [0.3, 0.4) is 0 Å². The molecule has 1 N–H and O–H groups in total. The number of halogens is 1. The molecule has 0 aliphatic carbocycles. The highest BCUT2D eigenvalue weighted by Crippen LogP contribution is 2.24. The minimum Gasteiger partial charge on any atom is -0.496 e. The van der Waals surface area contributed by atoms with Crippen molar-refractivity contribution >= 4 is 17.5 Å². The minimum absolute atomic E-state index is 0.139. The molecule has 2 aromatic rings. The lowest BCUT2D eigenvalue weighted by atomic mass is 10.1. The van der Waals surface area contributed by atoms with Crippen LogP contribution < -0.4 is 10.1 Å². The van der Waals surface area contributed by atoms with Gasteiger partial charge in [0.2, 0.25) is 0 Å². The summed E-state index contributed by atoms with van der Waals surface area (Å²) in [6.45, 7) is 1.92. The number of carbonyl (C=O) groups excluding carboxylic acids is 1. The van der Waals surface area contributed by atoms with Gasteiger partial charge in [-0.05, 0) is 37.3 Å². The smallest absolute Gasteiger partial charge is 0.251 e. The first kappa shape index (κ1) is 14.4. The summed E-state index contributed by atoms with van der Waals surface area (Å²) < 4.78 is 5.30. The van der Waals surface area contributed by atoms with Crippen molar-refractivity contribution in [3.05, 3.63) is 64.7 Å². The normalized spacial score (nSPS) is 11.8. The molecule has 0 aliphatic rings. The zero-order chi connectivity index (χ0) is 14.5. The number of benzene rings is 2. The largest absolute Gasteiger partial charge is 0.496 e. The molecular weight excluding hydrogens is 274 g/mol. The van der Waals surface area contributed by atoms with Crippen molar-refractivity contribution in [2.75, 3.05) is 7.11 Å². The zero-order valence-corrected chi connectivity index (χ0v) is 12.1. The van der Waals surface area contributed by atoms with Crippen molar-refractivity contribution in [1.29, 1.82) is 0 Å². The van der Waals surface area contributed by atoms with E-state index in [1.165, 1.54) is 0 Å². The van der Waals surface area contributed by atoms with Crippen LogP contribution in [-0.4, -0.2) is 13.0 Å². The van der Waals surface area contributed by atoms with Crippen LogP contribution in [0.25, 0.3) is 0 Å². The van der Waals surface area contributed by atoms with Gasteiger partial charge >= 0.3 is 0 Å². The van der Waals surface area contributed by atoms with Crippen LogP contribution in [-0.2, 0) is 0 Å². The Labute approximate surface area is 123 Å². The van der Waals surface area contributed by atoms with Crippen LogP contribution in [0.5, 0.6) is 5.75 Å². The van der Waals surface area contributed by atoms with Crippen molar-refractivity contribution in [3.63, 3.8) is 0 Å². The van der Waals surface area contributed by atoms with Crippen molar-refractivity contribution in [2.45, 2.75) is 13.0 Å². The van der Waals surface area contributed by atoms with E-state index in [1.54, 1.807) is 31.4 Å². The molecule has 0 heterocycles. The highest BCUT2D eigenvalue weighted by Gasteiger charge is 2.14. The molecule has 4 heteroatoms. The third-order valence-electron chi connectivity index (χ3n) is 3.06. The molecule has 0 aliphatic heterocycles. The molecule has 2 aromatic carbocycles. The maximum Gasteiger partial charge on any atom is 0.251 e. The molecular formula is C16H16ClNO2. The summed E-state index contributed by atoms with van der Waals surface area (Å²) in [6, 6.07) is 14.3. The van der Waals surface area contributed by atoms with E-state index in [-0.39, 0.29) is 11.9 Å². The van der Waals surface area contributed by atoms with E-state index in [1.807, 2.05) is 31.2 Å². The number of hydrogen-bond donors (Lipinski definition) is 1. The maximum atomic E-state index is 12.1. The molecule has 0 radical (unpaired) electrons. The number of ether oxygens (including phenoxy) is 1. The summed E-state index contributed by atoms with van der Waals surface area (Å²) in [6.07, 6.45) is 0. The predicted octanol–water partition coefficient (Wildman–Crippen LogP) is 3.84. The molecule has 0 saturated carbocycles. The van der Waals surface area contributed by atoms with Crippen molar-refractivity contribution in [1.82, 2.24) is 5.32 Å². The van der Waals surface area contributed by atoms with Crippen LogP contribution in [0.1, 0.15) is 28.9 Å². The van der Waals surface area contributed by atoms with E-state index in [0.717, 1.165) is 11.3 Å². The van der Waals surface area contributed by atoms with Crippen molar-refractivity contribution < 1.29 is 9.53 Å². The SMILES string of the molecule is COc1ccccc1[C@H](C)NC(=O)c1ccc(Cl)cc1. The standard InChI is InChI=1S/C16H16ClNO2/c1-11(14-5-3-4-6-15(14)20-2)18-16(19)12-7-9-13(17)10-8-12/h3-11H,1-2H3,(H,18,19)/t11-/m0/s1. The summed E-state index contributed by atoms with van der Waals surface area (Å²) in [5, 5.41) is 3.56. The first-order valence-electron chi connectivity index (χ1n) is 6.31.